The van der Waals surface area contributed by atoms with Crippen molar-refractivity contribution in [2.45, 2.75) is 31.8 Å². The minimum absolute atomic E-state index is 0.129. The van der Waals surface area contributed by atoms with Crippen molar-refractivity contribution < 1.29 is 14.3 Å². The molecular formula is C12H24N2O3. The van der Waals surface area contributed by atoms with Crippen LogP contribution in [0.15, 0.2) is 0 Å². The van der Waals surface area contributed by atoms with Gasteiger partial charge < -0.3 is 20.1 Å². The van der Waals surface area contributed by atoms with Crippen LogP contribution in [-0.2, 0) is 14.3 Å². The summed E-state index contributed by atoms with van der Waals surface area (Å²) in [5, 5.41) is 0. The number of carbonyl (C=O) groups excluding carboxylic acids is 1. The number of hydrogen-bond donors (Lipinski definition) is 1. The molecule has 0 saturated carbocycles. The Balaban J connectivity index is 2.55. The smallest absolute Gasteiger partial charge is 0.225 e. The van der Waals surface area contributed by atoms with E-state index >= 15 is 0 Å². The lowest BCUT2D eigenvalue weighted by molar-refractivity contribution is -0.151. The van der Waals surface area contributed by atoms with Gasteiger partial charge in [0.2, 0.25) is 5.91 Å². The van der Waals surface area contributed by atoms with Gasteiger partial charge in [0.25, 0.3) is 0 Å². The number of nitrogens with zero attached hydrogens (tertiary/aromatic N) is 1. The van der Waals surface area contributed by atoms with Crippen molar-refractivity contribution in [3.8, 4) is 0 Å². The van der Waals surface area contributed by atoms with Crippen LogP contribution in [0.2, 0.25) is 0 Å². The van der Waals surface area contributed by atoms with Gasteiger partial charge in [0.1, 0.15) is 0 Å². The average Bonchev–Trinajstić information content (AvgIpc) is 2.36. The summed E-state index contributed by atoms with van der Waals surface area (Å²) in [5.74, 6) is 0.129. The molecule has 100 valence electrons. The summed E-state index contributed by atoms with van der Waals surface area (Å²) in [4.78, 5) is 13.8. The second-order valence-electron chi connectivity index (χ2n) is 4.54. The molecule has 1 saturated heterocycles. The van der Waals surface area contributed by atoms with E-state index in [1.165, 1.54) is 0 Å². The van der Waals surface area contributed by atoms with E-state index in [9.17, 15) is 4.79 Å². The van der Waals surface area contributed by atoms with Crippen LogP contribution in [0, 0.1) is 0 Å². The molecule has 1 amide bonds. The highest BCUT2D eigenvalue weighted by Crippen LogP contribution is 2.22. The topological polar surface area (TPSA) is 64.8 Å². The third kappa shape index (κ3) is 3.94. The average molecular weight is 244 g/mol. The van der Waals surface area contributed by atoms with Gasteiger partial charge in [-0.3, -0.25) is 4.79 Å². The van der Waals surface area contributed by atoms with Crippen LogP contribution in [0.4, 0.5) is 0 Å². The third-order valence-electron chi connectivity index (χ3n) is 3.20. The zero-order valence-corrected chi connectivity index (χ0v) is 10.9. The van der Waals surface area contributed by atoms with Crippen molar-refractivity contribution in [2.75, 3.05) is 40.0 Å². The molecule has 5 nitrogen and oxygen atoms in total. The van der Waals surface area contributed by atoms with E-state index in [4.69, 9.17) is 15.2 Å². The molecule has 0 spiro atoms. The number of rotatable bonds is 6. The Morgan fingerprint density at radius 1 is 1.59 bits per heavy atom. The molecule has 0 aromatic rings. The summed E-state index contributed by atoms with van der Waals surface area (Å²) in [6.07, 6.45) is 2.35. The number of carbonyl (C=O) groups is 1. The minimum Gasteiger partial charge on any atom is -0.384 e. The summed E-state index contributed by atoms with van der Waals surface area (Å²) in [6, 6.07) is 0. The van der Waals surface area contributed by atoms with E-state index in [-0.39, 0.29) is 11.5 Å². The standard InChI is InChI=1S/C12H24N2O3/c1-3-5-12(9-13)10-14(6-8-17-12)11(15)4-7-16-2/h3-10,13H2,1-2H3. The summed E-state index contributed by atoms with van der Waals surface area (Å²) in [6.45, 7) is 4.89. The van der Waals surface area contributed by atoms with Crippen molar-refractivity contribution >= 4 is 5.91 Å². The summed E-state index contributed by atoms with van der Waals surface area (Å²) in [7, 11) is 1.61. The van der Waals surface area contributed by atoms with Crippen molar-refractivity contribution in [3.63, 3.8) is 0 Å². The first-order chi connectivity index (χ1) is 8.17. The fourth-order valence-electron chi connectivity index (χ4n) is 2.24. The molecular weight excluding hydrogens is 220 g/mol. The van der Waals surface area contributed by atoms with Crippen LogP contribution in [0.25, 0.3) is 0 Å². The molecule has 0 radical (unpaired) electrons. The van der Waals surface area contributed by atoms with E-state index in [1.807, 2.05) is 4.90 Å². The van der Waals surface area contributed by atoms with Crippen LogP contribution in [0.3, 0.4) is 0 Å². The molecule has 0 aromatic heterocycles. The number of amides is 1. The molecule has 1 aliphatic heterocycles. The summed E-state index contributed by atoms with van der Waals surface area (Å²) in [5.41, 5.74) is 5.46. The second-order valence-corrected chi connectivity index (χ2v) is 4.54. The fourth-order valence-corrected chi connectivity index (χ4v) is 2.24. The molecule has 1 rings (SSSR count). The van der Waals surface area contributed by atoms with Crippen molar-refractivity contribution in [3.05, 3.63) is 0 Å². The van der Waals surface area contributed by atoms with Gasteiger partial charge in [-0.2, -0.15) is 0 Å². The summed E-state index contributed by atoms with van der Waals surface area (Å²) < 4.78 is 10.7. The number of nitrogens with two attached hydrogens (primary N) is 1. The molecule has 1 atom stereocenters. The lowest BCUT2D eigenvalue weighted by Gasteiger charge is -2.42. The third-order valence-corrected chi connectivity index (χ3v) is 3.20. The lowest BCUT2D eigenvalue weighted by Crippen LogP contribution is -2.57. The molecule has 0 aromatic carbocycles. The van der Waals surface area contributed by atoms with Gasteiger partial charge in [0.05, 0.1) is 31.8 Å². The number of ether oxygens (including phenoxy) is 2. The molecule has 1 unspecified atom stereocenters. The van der Waals surface area contributed by atoms with Crippen LogP contribution in [0.1, 0.15) is 26.2 Å². The molecule has 17 heavy (non-hydrogen) atoms. The second kappa shape index (κ2) is 6.93. The lowest BCUT2D eigenvalue weighted by atomic mass is 9.95. The predicted molar refractivity (Wildman–Crippen MR) is 65.7 cm³/mol. The number of methoxy groups -OCH3 is 1. The Labute approximate surface area is 103 Å². The van der Waals surface area contributed by atoms with Crippen LogP contribution in [0.5, 0.6) is 0 Å². The van der Waals surface area contributed by atoms with Crippen molar-refractivity contribution in [2.24, 2.45) is 5.73 Å². The minimum atomic E-state index is -0.338. The van der Waals surface area contributed by atoms with Crippen LogP contribution >= 0.6 is 0 Å². The Morgan fingerprint density at radius 2 is 2.35 bits per heavy atom. The first-order valence-corrected chi connectivity index (χ1v) is 6.28. The molecule has 5 heteroatoms. The maximum atomic E-state index is 11.9. The van der Waals surface area contributed by atoms with Crippen LogP contribution in [-0.4, -0.2) is 56.4 Å². The summed E-state index contributed by atoms with van der Waals surface area (Å²) >= 11 is 0. The maximum absolute atomic E-state index is 11.9. The Morgan fingerprint density at radius 3 is 2.94 bits per heavy atom. The van der Waals surface area contributed by atoms with Gasteiger partial charge in [-0.1, -0.05) is 13.3 Å². The molecule has 1 heterocycles. The van der Waals surface area contributed by atoms with Gasteiger partial charge in [-0.15, -0.1) is 0 Å². The highest BCUT2D eigenvalue weighted by molar-refractivity contribution is 5.76. The highest BCUT2D eigenvalue weighted by Gasteiger charge is 2.36. The van der Waals surface area contributed by atoms with E-state index in [1.54, 1.807) is 7.11 Å². The molecule has 1 fully saturated rings. The molecule has 0 aliphatic carbocycles. The fraction of sp³-hybridized carbons (Fsp3) is 0.917. The Kier molecular flexibility index (Phi) is 5.88. The monoisotopic (exact) mass is 244 g/mol. The van der Waals surface area contributed by atoms with E-state index in [0.717, 1.165) is 12.8 Å². The Hall–Kier alpha value is -0.650. The van der Waals surface area contributed by atoms with Gasteiger partial charge >= 0.3 is 0 Å². The number of hydrogen-bond acceptors (Lipinski definition) is 4. The van der Waals surface area contributed by atoms with Crippen molar-refractivity contribution in [1.29, 1.82) is 0 Å². The van der Waals surface area contributed by atoms with E-state index in [0.29, 0.717) is 39.3 Å². The van der Waals surface area contributed by atoms with Crippen molar-refractivity contribution in [1.82, 2.24) is 4.90 Å². The van der Waals surface area contributed by atoms with E-state index in [2.05, 4.69) is 6.92 Å². The predicted octanol–water partition coefficient (Wildman–Crippen LogP) is 0.379. The molecule has 2 N–H and O–H groups in total. The SMILES string of the molecule is CCCC1(CN)CN(C(=O)CCOC)CCO1. The first kappa shape index (κ1) is 14.4. The molecule has 0 bridgehead atoms. The zero-order valence-electron chi connectivity index (χ0n) is 10.9. The number of morpholine rings is 1. The zero-order chi connectivity index (χ0) is 12.7. The maximum Gasteiger partial charge on any atom is 0.225 e. The van der Waals surface area contributed by atoms with E-state index < -0.39 is 0 Å². The van der Waals surface area contributed by atoms with Gasteiger partial charge in [0, 0.05) is 20.2 Å². The highest BCUT2D eigenvalue weighted by atomic mass is 16.5. The first-order valence-electron chi connectivity index (χ1n) is 6.28. The van der Waals surface area contributed by atoms with Gasteiger partial charge in [-0.25, -0.2) is 0 Å². The quantitative estimate of drug-likeness (QED) is 0.733. The van der Waals surface area contributed by atoms with Gasteiger partial charge in [-0.05, 0) is 6.42 Å². The van der Waals surface area contributed by atoms with Crippen LogP contribution < -0.4 is 5.73 Å². The normalized spacial score (nSPS) is 25.0. The largest absolute Gasteiger partial charge is 0.384 e. The van der Waals surface area contributed by atoms with Gasteiger partial charge in [0.15, 0.2) is 0 Å². The molecule has 1 aliphatic rings. The Bertz CT molecular complexity index is 244.